The van der Waals surface area contributed by atoms with Crippen LogP contribution < -0.4 is 0 Å². The Labute approximate surface area is 424 Å². The van der Waals surface area contributed by atoms with Gasteiger partial charge in [0.15, 0.2) is 6.10 Å². The van der Waals surface area contributed by atoms with Crippen LogP contribution in [0.2, 0.25) is 0 Å². The minimum atomic E-state index is -0.539. The number of carbonyl (C=O) groups excluding carboxylic acids is 2. The lowest BCUT2D eigenvalue weighted by atomic mass is 10.0. The van der Waals surface area contributed by atoms with Gasteiger partial charge in [0.25, 0.3) is 0 Å². The molecule has 0 aromatic rings. The van der Waals surface area contributed by atoms with Gasteiger partial charge in [-0.3, -0.25) is 9.59 Å². The number of esters is 2. The summed E-state index contributed by atoms with van der Waals surface area (Å²) in [5.74, 6) is -0.391. The van der Waals surface area contributed by atoms with Gasteiger partial charge >= 0.3 is 11.9 Å². The van der Waals surface area contributed by atoms with E-state index in [0.29, 0.717) is 19.4 Å². The van der Waals surface area contributed by atoms with Gasteiger partial charge in [0.05, 0.1) is 6.61 Å². The zero-order chi connectivity index (χ0) is 49.2. The molecule has 5 heteroatoms. The molecule has 68 heavy (non-hydrogen) atoms. The second-order valence-corrected chi connectivity index (χ2v) is 20.2. The van der Waals surface area contributed by atoms with Crippen molar-refractivity contribution in [3.8, 4) is 0 Å². The number of allylic oxidation sites excluding steroid dienone is 8. The summed E-state index contributed by atoms with van der Waals surface area (Å²) in [6.07, 6.45) is 74.2. The molecule has 1 atom stereocenters. The highest BCUT2D eigenvalue weighted by Gasteiger charge is 2.17. The van der Waals surface area contributed by atoms with Crippen molar-refractivity contribution in [1.82, 2.24) is 0 Å². The van der Waals surface area contributed by atoms with Crippen molar-refractivity contribution in [2.45, 2.75) is 322 Å². The van der Waals surface area contributed by atoms with Crippen LogP contribution in [-0.4, -0.2) is 37.9 Å². The van der Waals surface area contributed by atoms with Crippen molar-refractivity contribution in [1.29, 1.82) is 0 Å². The van der Waals surface area contributed by atoms with Crippen molar-refractivity contribution in [3.05, 3.63) is 48.6 Å². The van der Waals surface area contributed by atoms with Crippen LogP contribution in [0.15, 0.2) is 48.6 Å². The summed E-state index contributed by atoms with van der Waals surface area (Å²) < 4.78 is 17.5. The molecule has 0 aliphatic rings. The predicted octanol–water partition coefficient (Wildman–Crippen LogP) is 20.7. The summed E-state index contributed by atoms with van der Waals surface area (Å²) in [5, 5.41) is 0. The van der Waals surface area contributed by atoms with Gasteiger partial charge in [0.1, 0.15) is 6.61 Å². The smallest absolute Gasteiger partial charge is 0.306 e. The predicted molar refractivity (Wildman–Crippen MR) is 298 cm³/mol. The zero-order valence-electron chi connectivity index (χ0n) is 45.9. The van der Waals surface area contributed by atoms with Gasteiger partial charge in [0, 0.05) is 19.4 Å². The van der Waals surface area contributed by atoms with Gasteiger partial charge in [-0.05, 0) is 77.0 Å². The van der Waals surface area contributed by atoms with Crippen LogP contribution in [0.5, 0.6) is 0 Å². The van der Waals surface area contributed by atoms with Gasteiger partial charge in [-0.15, -0.1) is 0 Å². The van der Waals surface area contributed by atoms with E-state index in [-0.39, 0.29) is 25.2 Å². The molecule has 0 saturated carbocycles. The average molecular weight is 954 g/mol. The van der Waals surface area contributed by atoms with Gasteiger partial charge in [-0.2, -0.15) is 0 Å². The maximum Gasteiger partial charge on any atom is 0.306 e. The van der Waals surface area contributed by atoms with E-state index < -0.39 is 6.10 Å². The number of unbranched alkanes of at least 4 members (excludes halogenated alkanes) is 37. The van der Waals surface area contributed by atoms with E-state index in [1.165, 1.54) is 212 Å². The van der Waals surface area contributed by atoms with Gasteiger partial charge in [0.2, 0.25) is 0 Å². The Bertz CT molecular complexity index is 1120. The van der Waals surface area contributed by atoms with Crippen LogP contribution in [0, 0.1) is 0 Å². The Morgan fingerprint density at radius 3 is 1.07 bits per heavy atom. The molecule has 398 valence electrons. The number of hydrogen-bond donors (Lipinski definition) is 0. The summed E-state index contributed by atoms with van der Waals surface area (Å²) in [4.78, 5) is 25.5. The van der Waals surface area contributed by atoms with E-state index in [2.05, 4.69) is 69.4 Å². The average Bonchev–Trinajstić information content (AvgIpc) is 3.34. The van der Waals surface area contributed by atoms with Gasteiger partial charge in [-0.25, -0.2) is 0 Å². The molecule has 0 spiro atoms. The van der Waals surface area contributed by atoms with E-state index in [1.54, 1.807) is 0 Å². The van der Waals surface area contributed by atoms with Crippen LogP contribution >= 0.6 is 0 Å². The molecule has 0 fully saturated rings. The molecule has 0 aliphatic heterocycles. The Hall–Kier alpha value is -2.14. The first kappa shape index (κ1) is 65.9. The summed E-state index contributed by atoms with van der Waals surface area (Å²) >= 11 is 0. The molecular weight excluding hydrogens is 837 g/mol. The number of ether oxygens (including phenoxy) is 3. The highest BCUT2D eigenvalue weighted by molar-refractivity contribution is 5.70. The fourth-order valence-corrected chi connectivity index (χ4v) is 8.88. The minimum Gasteiger partial charge on any atom is -0.462 e. The number of carbonyl (C=O) groups is 2. The summed E-state index contributed by atoms with van der Waals surface area (Å²) in [5.41, 5.74) is 0. The van der Waals surface area contributed by atoms with Crippen LogP contribution in [0.3, 0.4) is 0 Å². The van der Waals surface area contributed by atoms with Crippen LogP contribution in [0.4, 0.5) is 0 Å². The van der Waals surface area contributed by atoms with E-state index >= 15 is 0 Å². The molecule has 0 bridgehead atoms. The molecule has 0 saturated heterocycles. The van der Waals surface area contributed by atoms with Crippen molar-refractivity contribution in [2.24, 2.45) is 0 Å². The SMILES string of the molecule is CC/C=C\C/C=C\C/C=C\CCCCCCCCCC(=O)OCC(COCCCCCCCCCCCC/C=C\CCCCCCCC)OC(=O)CCCCCCCCCCCCCCCCC. The lowest BCUT2D eigenvalue weighted by Gasteiger charge is -2.18. The first-order valence-corrected chi connectivity index (χ1v) is 30.2. The molecule has 0 heterocycles. The summed E-state index contributed by atoms with van der Waals surface area (Å²) in [6, 6.07) is 0. The zero-order valence-corrected chi connectivity index (χ0v) is 45.9. The van der Waals surface area contributed by atoms with Crippen molar-refractivity contribution in [2.75, 3.05) is 19.8 Å². The Morgan fingerprint density at radius 1 is 0.338 bits per heavy atom. The number of rotatable bonds is 56. The molecular formula is C63H116O5. The fraction of sp³-hybridized carbons (Fsp3) is 0.841. The van der Waals surface area contributed by atoms with E-state index in [0.717, 1.165) is 70.6 Å². The molecule has 0 aromatic heterocycles. The van der Waals surface area contributed by atoms with E-state index in [1.807, 2.05) is 0 Å². The van der Waals surface area contributed by atoms with Crippen LogP contribution in [0.1, 0.15) is 316 Å². The van der Waals surface area contributed by atoms with E-state index in [4.69, 9.17) is 14.2 Å². The topological polar surface area (TPSA) is 61.8 Å². The van der Waals surface area contributed by atoms with Crippen molar-refractivity contribution < 1.29 is 23.8 Å². The third kappa shape index (κ3) is 56.4. The molecule has 5 nitrogen and oxygen atoms in total. The molecule has 0 rings (SSSR count). The first-order chi connectivity index (χ1) is 33.6. The summed E-state index contributed by atoms with van der Waals surface area (Å²) in [6.45, 7) is 7.76. The van der Waals surface area contributed by atoms with Crippen LogP contribution in [-0.2, 0) is 23.8 Å². The Morgan fingerprint density at radius 2 is 0.662 bits per heavy atom. The standard InChI is InChI=1S/C63H116O5/c1-4-7-10-13-16-19-22-25-28-30-31-32-34-37-40-43-46-49-52-55-58-66-59-61(68-63(65)57-54-51-48-45-42-39-35-27-24-21-18-15-12-9-6-3)60-67-62(64)56-53-50-47-44-41-38-36-33-29-26-23-20-17-14-11-8-5-2/h8,11,17,20,25-26,28-29,61H,4-7,9-10,12-16,18-19,21-24,27,30-60H2,1-3H3/b11-8-,20-17-,28-25-,29-26-. The minimum absolute atomic E-state index is 0.0838. The molecule has 0 amide bonds. The normalized spacial score (nSPS) is 12.5. The van der Waals surface area contributed by atoms with Crippen molar-refractivity contribution >= 4 is 11.9 Å². The highest BCUT2D eigenvalue weighted by Crippen LogP contribution is 2.16. The monoisotopic (exact) mass is 953 g/mol. The van der Waals surface area contributed by atoms with Gasteiger partial charge < -0.3 is 14.2 Å². The fourth-order valence-electron chi connectivity index (χ4n) is 8.88. The molecule has 0 N–H and O–H groups in total. The molecule has 0 aliphatic carbocycles. The highest BCUT2D eigenvalue weighted by atomic mass is 16.6. The van der Waals surface area contributed by atoms with E-state index in [9.17, 15) is 9.59 Å². The second-order valence-electron chi connectivity index (χ2n) is 20.2. The maximum absolute atomic E-state index is 12.9. The number of hydrogen-bond acceptors (Lipinski definition) is 5. The van der Waals surface area contributed by atoms with Crippen molar-refractivity contribution in [3.63, 3.8) is 0 Å². The van der Waals surface area contributed by atoms with Gasteiger partial charge in [-0.1, -0.05) is 275 Å². The second kappa shape index (κ2) is 59.2. The first-order valence-electron chi connectivity index (χ1n) is 30.2. The largest absolute Gasteiger partial charge is 0.462 e. The summed E-state index contributed by atoms with van der Waals surface area (Å²) in [7, 11) is 0. The third-order valence-corrected chi connectivity index (χ3v) is 13.3. The maximum atomic E-state index is 12.9. The van der Waals surface area contributed by atoms with Crippen LogP contribution in [0.25, 0.3) is 0 Å². The Kier molecular flexibility index (Phi) is 57.3. The lowest BCUT2D eigenvalue weighted by molar-refractivity contribution is -0.163. The molecule has 1 unspecified atom stereocenters. The molecule has 0 radical (unpaired) electrons. The quantitative estimate of drug-likeness (QED) is 0.0345. The Balaban J connectivity index is 4.24. The lowest BCUT2D eigenvalue weighted by Crippen LogP contribution is -2.30. The third-order valence-electron chi connectivity index (χ3n) is 13.3. The molecule has 0 aromatic carbocycles.